The standard InChI is InChI=1S/C14H19N3O/c15-9-10-6-7-11(8-12(10)16)17-13-4-2-1-3-5-14(13)18/h6-8,13-14,17-18H,1-5,16H2. The van der Waals surface area contributed by atoms with Crippen molar-refractivity contribution in [3.8, 4) is 6.07 Å². The highest BCUT2D eigenvalue weighted by molar-refractivity contribution is 5.62. The van der Waals surface area contributed by atoms with E-state index in [1.165, 1.54) is 6.42 Å². The highest BCUT2D eigenvalue weighted by Crippen LogP contribution is 2.23. The van der Waals surface area contributed by atoms with Crippen LogP contribution in [0.3, 0.4) is 0 Å². The first-order valence-corrected chi connectivity index (χ1v) is 6.45. The fourth-order valence-corrected chi connectivity index (χ4v) is 2.42. The molecule has 1 aliphatic rings. The number of aliphatic hydroxyl groups excluding tert-OH is 1. The average Bonchev–Trinajstić information content (AvgIpc) is 2.55. The Balaban J connectivity index is 2.08. The molecule has 2 unspecified atom stereocenters. The van der Waals surface area contributed by atoms with Crippen LogP contribution in [0.1, 0.15) is 37.7 Å². The van der Waals surface area contributed by atoms with Crippen LogP contribution < -0.4 is 11.1 Å². The van der Waals surface area contributed by atoms with E-state index < -0.39 is 0 Å². The molecule has 1 aromatic rings. The van der Waals surface area contributed by atoms with Gasteiger partial charge in [0.2, 0.25) is 0 Å². The first-order valence-electron chi connectivity index (χ1n) is 6.45. The van der Waals surface area contributed by atoms with Crippen LogP contribution >= 0.6 is 0 Å². The highest BCUT2D eigenvalue weighted by atomic mass is 16.3. The largest absolute Gasteiger partial charge is 0.398 e. The van der Waals surface area contributed by atoms with Gasteiger partial charge in [0.05, 0.1) is 23.4 Å². The van der Waals surface area contributed by atoms with Gasteiger partial charge in [0, 0.05) is 5.69 Å². The lowest BCUT2D eigenvalue weighted by molar-refractivity contribution is 0.144. The van der Waals surface area contributed by atoms with E-state index in [1.54, 1.807) is 12.1 Å². The lowest BCUT2D eigenvalue weighted by atomic mass is 10.1. The van der Waals surface area contributed by atoms with E-state index in [0.717, 1.165) is 31.4 Å². The molecule has 1 saturated carbocycles. The molecule has 1 fully saturated rings. The minimum absolute atomic E-state index is 0.0832. The lowest BCUT2D eigenvalue weighted by Crippen LogP contribution is -2.32. The number of benzene rings is 1. The summed E-state index contributed by atoms with van der Waals surface area (Å²) in [6.45, 7) is 0. The van der Waals surface area contributed by atoms with E-state index in [0.29, 0.717) is 11.3 Å². The average molecular weight is 245 g/mol. The summed E-state index contributed by atoms with van der Waals surface area (Å²) >= 11 is 0. The van der Waals surface area contributed by atoms with Crippen LogP contribution in [-0.4, -0.2) is 17.3 Å². The number of rotatable bonds is 2. The monoisotopic (exact) mass is 245 g/mol. The van der Waals surface area contributed by atoms with E-state index in [4.69, 9.17) is 11.0 Å². The Morgan fingerprint density at radius 3 is 2.78 bits per heavy atom. The molecule has 0 aromatic heterocycles. The molecule has 0 radical (unpaired) electrons. The first-order chi connectivity index (χ1) is 8.70. The Morgan fingerprint density at radius 2 is 2.06 bits per heavy atom. The maximum Gasteiger partial charge on any atom is 0.101 e. The molecule has 4 nitrogen and oxygen atoms in total. The molecule has 0 bridgehead atoms. The van der Waals surface area contributed by atoms with Gasteiger partial charge in [-0.05, 0) is 31.0 Å². The molecule has 0 aliphatic heterocycles. The Labute approximate surface area is 107 Å². The molecule has 1 aliphatic carbocycles. The number of nitrogen functional groups attached to an aromatic ring is 1. The molecule has 4 heteroatoms. The normalized spacial score (nSPS) is 24.0. The number of hydrogen-bond donors (Lipinski definition) is 3. The third-order valence-electron chi connectivity index (χ3n) is 3.50. The van der Waals surface area contributed by atoms with Crippen LogP contribution in [-0.2, 0) is 0 Å². The van der Waals surface area contributed by atoms with Crippen molar-refractivity contribution in [2.45, 2.75) is 44.2 Å². The summed E-state index contributed by atoms with van der Waals surface area (Å²) in [7, 11) is 0. The molecule has 0 saturated heterocycles. The third-order valence-corrected chi connectivity index (χ3v) is 3.50. The molecular formula is C14H19N3O. The zero-order valence-electron chi connectivity index (χ0n) is 10.4. The number of nitrogens with one attached hydrogen (secondary N) is 1. The van der Waals surface area contributed by atoms with Crippen LogP contribution in [0.15, 0.2) is 18.2 Å². The van der Waals surface area contributed by atoms with Gasteiger partial charge in [0.1, 0.15) is 6.07 Å². The van der Waals surface area contributed by atoms with Crippen LogP contribution in [0.5, 0.6) is 0 Å². The van der Waals surface area contributed by atoms with Crippen molar-refractivity contribution in [2.24, 2.45) is 0 Å². The maximum absolute atomic E-state index is 10.0. The number of hydrogen-bond acceptors (Lipinski definition) is 4. The van der Waals surface area contributed by atoms with E-state index in [2.05, 4.69) is 5.32 Å². The van der Waals surface area contributed by atoms with Gasteiger partial charge in [0.15, 0.2) is 0 Å². The van der Waals surface area contributed by atoms with Gasteiger partial charge >= 0.3 is 0 Å². The van der Waals surface area contributed by atoms with Gasteiger partial charge in [-0.15, -0.1) is 0 Å². The number of aliphatic hydroxyl groups is 1. The van der Waals surface area contributed by atoms with Crippen molar-refractivity contribution >= 4 is 11.4 Å². The molecule has 0 heterocycles. The minimum atomic E-state index is -0.302. The fourth-order valence-electron chi connectivity index (χ4n) is 2.42. The van der Waals surface area contributed by atoms with Crippen molar-refractivity contribution in [3.05, 3.63) is 23.8 Å². The van der Waals surface area contributed by atoms with Gasteiger partial charge in [0.25, 0.3) is 0 Å². The second-order valence-corrected chi connectivity index (χ2v) is 4.87. The quantitative estimate of drug-likeness (QED) is 0.551. The summed E-state index contributed by atoms with van der Waals surface area (Å²) in [6.07, 6.45) is 4.94. The number of nitrogens with two attached hydrogens (primary N) is 1. The van der Waals surface area contributed by atoms with Crippen molar-refractivity contribution in [3.63, 3.8) is 0 Å². The second-order valence-electron chi connectivity index (χ2n) is 4.87. The Morgan fingerprint density at radius 1 is 1.28 bits per heavy atom. The van der Waals surface area contributed by atoms with Crippen LogP contribution in [0.25, 0.3) is 0 Å². The zero-order chi connectivity index (χ0) is 13.0. The van der Waals surface area contributed by atoms with Gasteiger partial charge < -0.3 is 16.2 Å². The van der Waals surface area contributed by atoms with Crippen molar-refractivity contribution in [2.75, 3.05) is 11.1 Å². The molecule has 18 heavy (non-hydrogen) atoms. The first kappa shape index (κ1) is 12.7. The summed E-state index contributed by atoms with van der Waals surface area (Å²) in [5, 5.41) is 22.2. The number of nitriles is 1. The Hall–Kier alpha value is -1.73. The fraction of sp³-hybridized carbons (Fsp3) is 0.500. The van der Waals surface area contributed by atoms with Gasteiger partial charge in [-0.2, -0.15) is 5.26 Å². The maximum atomic E-state index is 10.0. The van der Waals surface area contributed by atoms with Crippen LogP contribution in [0, 0.1) is 11.3 Å². The summed E-state index contributed by atoms with van der Waals surface area (Å²) in [6, 6.07) is 7.43. The van der Waals surface area contributed by atoms with Crippen molar-refractivity contribution < 1.29 is 5.11 Å². The summed E-state index contributed by atoms with van der Waals surface area (Å²) in [5.74, 6) is 0. The van der Waals surface area contributed by atoms with E-state index in [-0.39, 0.29) is 12.1 Å². The molecule has 2 rings (SSSR count). The second kappa shape index (κ2) is 5.74. The molecule has 2 atom stereocenters. The number of nitrogens with zero attached hydrogens (tertiary/aromatic N) is 1. The van der Waals surface area contributed by atoms with Crippen molar-refractivity contribution in [1.29, 1.82) is 5.26 Å². The van der Waals surface area contributed by atoms with E-state index in [1.807, 2.05) is 12.1 Å². The van der Waals surface area contributed by atoms with Gasteiger partial charge in [-0.1, -0.05) is 19.3 Å². The van der Waals surface area contributed by atoms with Crippen molar-refractivity contribution in [1.82, 2.24) is 0 Å². The molecule has 0 amide bonds. The molecule has 96 valence electrons. The van der Waals surface area contributed by atoms with Crippen LogP contribution in [0.2, 0.25) is 0 Å². The van der Waals surface area contributed by atoms with Gasteiger partial charge in [-0.3, -0.25) is 0 Å². The van der Waals surface area contributed by atoms with E-state index in [9.17, 15) is 5.11 Å². The molecular weight excluding hydrogens is 226 g/mol. The predicted octanol–water partition coefficient (Wildman–Crippen LogP) is 2.25. The minimum Gasteiger partial charge on any atom is -0.398 e. The lowest BCUT2D eigenvalue weighted by Gasteiger charge is -2.23. The highest BCUT2D eigenvalue weighted by Gasteiger charge is 2.21. The van der Waals surface area contributed by atoms with Gasteiger partial charge in [-0.25, -0.2) is 0 Å². The van der Waals surface area contributed by atoms with Crippen LogP contribution in [0.4, 0.5) is 11.4 Å². The summed E-state index contributed by atoms with van der Waals surface area (Å²) < 4.78 is 0. The van der Waals surface area contributed by atoms with E-state index >= 15 is 0 Å². The Bertz CT molecular complexity index is 453. The molecule has 1 aromatic carbocycles. The number of anilines is 2. The summed E-state index contributed by atoms with van der Waals surface area (Å²) in [4.78, 5) is 0. The zero-order valence-corrected chi connectivity index (χ0v) is 10.4. The predicted molar refractivity (Wildman–Crippen MR) is 72.1 cm³/mol. The summed E-state index contributed by atoms with van der Waals surface area (Å²) in [5.41, 5.74) is 7.62. The SMILES string of the molecule is N#Cc1ccc(NC2CCCCCC2O)cc1N. The third kappa shape index (κ3) is 2.93. The topological polar surface area (TPSA) is 82.1 Å². The molecule has 4 N–H and O–H groups in total. The molecule has 0 spiro atoms. The smallest absolute Gasteiger partial charge is 0.101 e. The Kier molecular flexibility index (Phi) is 4.06.